The van der Waals surface area contributed by atoms with Gasteiger partial charge in [0.05, 0.1) is 18.4 Å². The summed E-state index contributed by atoms with van der Waals surface area (Å²) in [7, 11) is 0. The van der Waals surface area contributed by atoms with E-state index in [-0.39, 0.29) is 11.5 Å². The molecule has 0 unspecified atom stereocenters. The van der Waals surface area contributed by atoms with Gasteiger partial charge in [-0.1, -0.05) is 19.9 Å². The van der Waals surface area contributed by atoms with Crippen LogP contribution in [0.2, 0.25) is 0 Å². The molecule has 1 rings (SSSR count). The first-order valence-corrected chi connectivity index (χ1v) is 7.62. The highest BCUT2D eigenvalue weighted by molar-refractivity contribution is 9.10. The zero-order valence-corrected chi connectivity index (χ0v) is 13.9. The number of rotatable bonds is 8. The number of allylic oxidation sites excluding steroid dienone is 1. The fourth-order valence-corrected chi connectivity index (χ4v) is 2.00. The third kappa shape index (κ3) is 5.71. The van der Waals surface area contributed by atoms with Gasteiger partial charge in [0.15, 0.2) is 0 Å². The Labute approximate surface area is 132 Å². The van der Waals surface area contributed by atoms with Crippen LogP contribution in [0.4, 0.5) is 5.69 Å². The van der Waals surface area contributed by atoms with Crippen LogP contribution in [-0.2, 0) is 11.3 Å². The number of carbonyl (C=O) groups excluding carboxylic acids is 1. The predicted molar refractivity (Wildman–Crippen MR) is 87.3 cm³/mol. The summed E-state index contributed by atoms with van der Waals surface area (Å²) in [5, 5.41) is 9.90. The zero-order chi connectivity index (χ0) is 15.8. The monoisotopic (exact) mass is 356 g/mol. The van der Waals surface area contributed by atoms with Crippen molar-refractivity contribution in [2.45, 2.75) is 26.8 Å². The van der Waals surface area contributed by atoms with Crippen LogP contribution in [0.25, 0.3) is 0 Å². The van der Waals surface area contributed by atoms with E-state index in [1.165, 1.54) is 4.68 Å². The molecule has 6 nitrogen and oxygen atoms in total. The number of amides is 1. The van der Waals surface area contributed by atoms with Crippen molar-refractivity contribution in [2.24, 2.45) is 5.92 Å². The molecule has 116 valence electrons. The predicted octanol–water partition coefficient (Wildman–Crippen LogP) is 1.77. The molecule has 0 radical (unpaired) electrons. The Morgan fingerprint density at radius 1 is 1.57 bits per heavy atom. The molecule has 0 saturated carbocycles. The molecule has 2 N–H and O–H groups in total. The minimum absolute atomic E-state index is 0.0136. The summed E-state index contributed by atoms with van der Waals surface area (Å²) in [6.07, 6.45) is 3.50. The summed E-state index contributed by atoms with van der Waals surface area (Å²) in [6, 6.07) is 0. The maximum atomic E-state index is 11.9. The SMILES string of the molecule is C=CCn1ncc(NCCC(=O)NCC(C)C)c(Br)c1=O. The average Bonchev–Trinajstić information content (AvgIpc) is 2.44. The van der Waals surface area contributed by atoms with Crippen LogP contribution in [0.1, 0.15) is 20.3 Å². The standard InChI is InChI=1S/C14H21BrN4O2/c1-4-7-19-14(21)13(15)11(9-18-19)16-6-5-12(20)17-8-10(2)3/h4,9-10,16H,1,5-8H2,2-3H3,(H,17,20). The molecule has 0 aromatic carbocycles. The molecule has 1 aromatic heterocycles. The Kier molecular flexibility index (Phi) is 7.14. The number of hydrogen-bond donors (Lipinski definition) is 2. The van der Waals surface area contributed by atoms with E-state index < -0.39 is 0 Å². The van der Waals surface area contributed by atoms with Gasteiger partial charge >= 0.3 is 0 Å². The first-order chi connectivity index (χ1) is 9.95. The number of nitrogens with zero attached hydrogens (tertiary/aromatic N) is 2. The van der Waals surface area contributed by atoms with Crippen LogP contribution in [0.5, 0.6) is 0 Å². The van der Waals surface area contributed by atoms with Crippen molar-refractivity contribution >= 4 is 27.5 Å². The Bertz CT molecular complexity index is 554. The molecule has 0 saturated heterocycles. The van der Waals surface area contributed by atoms with Gasteiger partial charge in [0.25, 0.3) is 5.56 Å². The quantitative estimate of drug-likeness (QED) is 0.696. The van der Waals surface area contributed by atoms with Gasteiger partial charge in [-0.05, 0) is 21.8 Å². The minimum atomic E-state index is -0.232. The highest BCUT2D eigenvalue weighted by Crippen LogP contribution is 2.15. The smallest absolute Gasteiger partial charge is 0.283 e. The summed E-state index contributed by atoms with van der Waals surface area (Å²) in [5.41, 5.74) is 0.348. The van der Waals surface area contributed by atoms with E-state index in [4.69, 9.17) is 0 Å². The molecule has 1 amide bonds. The lowest BCUT2D eigenvalue weighted by Crippen LogP contribution is -2.29. The van der Waals surface area contributed by atoms with Crippen LogP contribution in [0, 0.1) is 5.92 Å². The number of nitrogens with one attached hydrogen (secondary N) is 2. The van der Waals surface area contributed by atoms with Gasteiger partial charge in [0.2, 0.25) is 5.91 Å². The van der Waals surface area contributed by atoms with Gasteiger partial charge in [-0.2, -0.15) is 5.10 Å². The number of hydrogen-bond acceptors (Lipinski definition) is 4. The summed E-state index contributed by atoms with van der Waals surface area (Å²) < 4.78 is 1.71. The van der Waals surface area contributed by atoms with E-state index in [9.17, 15) is 9.59 Å². The topological polar surface area (TPSA) is 76.0 Å². The molecule has 1 aromatic rings. The molecule has 0 atom stereocenters. The largest absolute Gasteiger partial charge is 0.382 e. The van der Waals surface area contributed by atoms with E-state index in [2.05, 4.69) is 38.2 Å². The summed E-state index contributed by atoms with van der Waals surface area (Å²) in [5.74, 6) is 0.415. The van der Waals surface area contributed by atoms with Crippen LogP contribution in [0.3, 0.4) is 0 Å². The van der Waals surface area contributed by atoms with Crippen molar-refractivity contribution in [3.05, 3.63) is 33.7 Å². The molecule has 0 spiro atoms. The molecule has 21 heavy (non-hydrogen) atoms. The van der Waals surface area contributed by atoms with E-state index >= 15 is 0 Å². The molecular weight excluding hydrogens is 336 g/mol. The molecule has 0 aliphatic heterocycles. The second-order valence-electron chi connectivity index (χ2n) is 5.02. The van der Waals surface area contributed by atoms with Crippen molar-refractivity contribution in [1.29, 1.82) is 0 Å². The summed E-state index contributed by atoms with van der Waals surface area (Å²) >= 11 is 3.25. The van der Waals surface area contributed by atoms with Gasteiger partial charge in [0.1, 0.15) is 4.47 Å². The van der Waals surface area contributed by atoms with E-state index in [0.717, 1.165) is 0 Å². The van der Waals surface area contributed by atoms with Crippen molar-refractivity contribution < 1.29 is 4.79 Å². The van der Waals surface area contributed by atoms with Crippen molar-refractivity contribution in [2.75, 3.05) is 18.4 Å². The second-order valence-corrected chi connectivity index (χ2v) is 5.82. The third-order valence-electron chi connectivity index (χ3n) is 2.66. The van der Waals surface area contributed by atoms with Crippen molar-refractivity contribution in [3.8, 4) is 0 Å². The maximum Gasteiger partial charge on any atom is 0.283 e. The van der Waals surface area contributed by atoms with Gasteiger partial charge < -0.3 is 10.6 Å². The number of aromatic nitrogens is 2. The van der Waals surface area contributed by atoms with Crippen molar-refractivity contribution in [3.63, 3.8) is 0 Å². The molecule has 0 bridgehead atoms. The first-order valence-electron chi connectivity index (χ1n) is 6.82. The minimum Gasteiger partial charge on any atom is -0.382 e. The molecule has 0 aliphatic rings. The lowest BCUT2D eigenvalue weighted by Gasteiger charge is -2.10. The lowest BCUT2D eigenvalue weighted by molar-refractivity contribution is -0.120. The van der Waals surface area contributed by atoms with Crippen molar-refractivity contribution in [1.82, 2.24) is 15.1 Å². The fourth-order valence-electron chi connectivity index (χ4n) is 1.56. The van der Waals surface area contributed by atoms with Gasteiger partial charge in [-0.3, -0.25) is 9.59 Å². The maximum absolute atomic E-state index is 11.9. The van der Waals surface area contributed by atoms with Gasteiger partial charge in [-0.25, -0.2) is 4.68 Å². The summed E-state index contributed by atoms with van der Waals surface area (Å²) in [4.78, 5) is 23.5. The Balaban J connectivity index is 2.53. The number of anilines is 1. The van der Waals surface area contributed by atoms with Gasteiger partial charge in [-0.15, -0.1) is 6.58 Å². The summed E-state index contributed by atoms with van der Waals surface area (Å²) in [6.45, 7) is 9.12. The fraction of sp³-hybridized carbons (Fsp3) is 0.500. The lowest BCUT2D eigenvalue weighted by atomic mass is 10.2. The zero-order valence-electron chi connectivity index (χ0n) is 12.4. The van der Waals surface area contributed by atoms with E-state index in [0.29, 0.717) is 42.1 Å². The van der Waals surface area contributed by atoms with Gasteiger partial charge in [0, 0.05) is 19.5 Å². The molecular formula is C14H21BrN4O2. The highest BCUT2D eigenvalue weighted by atomic mass is 79.9. The third-order valence-corrected chi connectivity index (χ3v) is 3.43. The molecule has 1 heterocycles. The Morgan fingerprint density at radius 2 is 2.29 bits per heavy atom. The van der Waals surface area contributed by atoms with Crippen LogP contribution < -0.4 is 16.2 Å². The highest BCUT2D eigenvalue weighted by Gasteiger charge is 2.08. The van der Waals surface area contributed by atoms with Crippen LogP contribution >= 0.6 is 15.9 Å². The Morgan fingerprint density at radius 3 is 2.90 bits per heavy atom. The Hall–Kier alpha value is -1.63. The number of halogens is 1. The van der Waals surface area contributed by atoms with Crippen LogP contribution in [0.15, 0.2) is 28.1 Å². The number of carbonyl (C=O) groups is 1. The van der Waals surface area contributed by atoms with E-state index in [1.807, 2.05) is 13.8 Å². The second kappa shape index (κ2) is 8.61. The van der Waals surface area contributed by atoms with Crippen LogP contribution in [-0.4, -0.2) is 28.8 Å². The molecule has 0 fully saturated rings. The first kappa shape index (κ1) is 17.4. The average molecular weight is 357 g/mol. The van der Waals surface area contributed by atoms with E-state index in [1.54, 1.807) is 12.3 Å². The molecule has 7 heteroatoms. The normalized spacial score (nSPS) is 10.5. The molecule has 0 aliphatic carbocycles.